The smallest absolute Gasteiger partial charge is 0.243 e. The third kappa shape index (κ3) is 3.14. The fraction of sp³-hybridized carbons (Fsp3) is 0.769. The molecule has 0 saturated heterocycles. The van der Waals surface area contributed by atoms with Crippen molar-refractivity contribution in [1.82, 2.24) is 15.2 Å². The molecule has 0 bridgehead atoms. The van der Waals surface area contributed by atoms with E-state index in [-0.39, 0.29) is 0 Å². The van der Waals surface area contributed by atoms with E-state index in [1.807, 2.05) is 13.8 Å². The first-order valence-electron chi connectivity index (χ1n) is 6.63. The van der Waals surface area contributed by atoms with Crippen LogP contribution in [-0.4, -0.2) is 21.2 Å². The maximum absolute atomic E-state index is 4.42. The van der Waals surface area contributed by atoms with Gasteiger partial charge in [0.15, 0.2) is 0 Å². The first-order valence-corrected chi connectivity index (χ1v) is 6.63. The molecule has 1 saturated carbocycles. The van der Waals surface area contributed by atoms with Crippen molar-refractivity contribution >= 4 is 5.95 Å². The van der Waals surface area contributed by atoms with Gasteiger partial charge in [-0.15, -0.1) is 5.10 Å². The molecular formula is C13H22N4. The van der Waals surface area contributed by atoms with Gasteiger partial charge >= 0.3 is 0 Å². The molecule has 0 atom stereocenters. The molecular weight excluding hydrogens is 212 g/mol. The van der Waals surface area contributed by atoms with E-state index in [1.54, 1.807) is 0 Å². The molecule has 1 aliphatic carbocycles. The average molecular weight is 234 g/mol. The summed E-state index contributed by atoms with van der Waals surface area (Å²) in [4.78, 5) is 4.42. The van der Waals surface area contributed by atoms with Crippen LogP contribution in [0.15, 0.2) is 0 Å². The molecule has 1 aliphatic rings. The number of rotatable bonds is 3. The third-order valence-electron chi connectivity index (χ3n) is 3.85. The highest BCUT2D eigenvalue weighted by atomic mass is 15.2. The summed E-state index contributed by atoms with van der Waals surface area (Å²) in [6.45, 7) is 6.20. The van der Waals surface area contributed by atoms with Gasteiger partial charge in [-0.25, -0.2) is 4.98 Å². The molecule has 1 aromatic heterocycles. The van der Waals surface area contributed by atoms with E-state index in [1.165, 1.54) is 32.1 Å². The Bertz CT molecular complexity index is 370. The normalized spacial score (nSPS) is 24.6. The van der Waals surface area contributed by atoms with Gasteiger partial charge < -0.3 is 5.32 Å². The summed E-state index contributed by atoms with van der Waals surface area (Å²) in [5.41, 5.74) is 1.87. The van der Waals surface area contributed by atoms with Crippen molar-refractivity contribution in [3.63, 3.8) is 0 Å². The third-order valence-corrected chi connectivity index (χ3v) is 3.85. The number of aryl methyl sites for hydroxylation is 2. The van der Waals surface area contributed by atoms with Crippen molar-refractivity contribution in [1.29, 1.82) is 0 Å². The monoisotopic (exact) mass is 234 g/mol. The molecule has 1 fully saturated rings. The van der Waals surface area contributed by atoms with E-state index < -0.39 is 0 Å². The van der Waals surface area contributed by atoms with Crippen molar-refractivity contribution in [2.75, 3.05) is 5.32 Å². The van der Waals surface area contributed by atoms with Gasteiger partial charge in [0.05, 0.1) is 11.4 Å². The quantitative estimate of drug-likeness (QED) is 0.873. The fourth-order valence-corrected chi connectivity index (χ4v) is 2.42. The Morgan fingerprint density at radius 2 is 1.76 bits per heavy atom. The Hall–Kier alpha value is -1.19. The molecule has 2 rings (SSSR count). The number of hydrogen-bond acceptors (Lipinski definition) is 4. The van der Waals surface area contributed by atoms with Crippen LogP contribution in [0.5, 0.6) is 0 Å². The van der Waals surface area contributed by atoms with Crippen LogP contribution < -0.4 is 5.32 Å². The van der Waals surface area contributed by atoms with Crippen LogP contribution in [0, 0.1) is 19.8 Å². The summed E-state index contributed by atoms with van der Waals surface area (Å²) < 4.78 is 0. The molecule has 1 heterocycles. The van der Waals surface area contributed by atoms with E-state index in [0.29, 0.717) is 12.0 Å². The summed E-state index contributed by atoms with van der Waals surface area (Å²) in [7, 11) is 0. The second kappa shape index (κ2) is 5.43. The van der Waals surface area contributed by atoms with Gasteiger partial charge in [0, 0.05) is 6.04 Å². The molecule has 0 aromatic carbocycles. The van der Waals surface area contributed by atoms with Crippen LogP contribution in [0.1, 0.15) is 50.4 Å². The predicted molar refractivity (Wildman–Crippen MR) is 69.0 cm³/mol. The standard InChI is InChI=1S/C13H22N4/c1-4-11-5-7-12(8-6-11)15-13-14-9(2)10(3)16-17-13/h11-12H,4-8H2,1-3H3,(H,14,15,17). The van der Waals surface area contributed by atoms with Gasteiger partial charge in [0.2, 0.25) is 5.95 Å². The zero-order valence-corrected chi connectivity index (χ0v) is 11.0. The molecule has 0 amide bonds. The fourth-order valence-electron chi connectivity index (χ4n) is 2.42. The zero-order chi connectivity index (χ0) is 12.3. The van der Waals surface area contributed by atoms with Gasteiger partial charge in [-0.3, -0.25) is 0 Å². The number of hydrogen-bond donors (Lipinski definition) is 1. The van der Waals surface area contributed by atoms with Crippen LogP contribution >= 0.6 is 0 Å². The van der Waals surface area contributed by atoms with Crippen LogP contribution in [0.4, 0.5) is 5.95 Å². The molecule has 1 N–H and O–H groups in total. The lowest BCUT2D eigenvalue weighted by molar-refractivity contribution is 0.329. The van der Waals surface area contributed by atoms with E-state index in [0.717, 1.165) is 17.3 Å². The topological polar surface area (TPSA) is 50.7 Å². The maximum Gasteiger partial charge on any atom is 0.243 e. The zero-order valence-electron chi connectivity index (χ0n) is 11.0. The lowest BCUT2D eigenvalue weighted by Gasteiger charge is -2.28. The summed E-state index contributed by atoms with van der Waals surface area (Å²) >= 11 is 0. The number of nitrogens with one attached hydrogen (secondary N) is 1. The Labute approximate surface area is 103 Å². The van der Waals surface area contributed by atoms with E-state index in [2.05, 4.69) is 27.4 Å². The van der Waals surface area contributed by atoms with E-state index in [9.17, 15) is 0 Å². The molecule has 1 aromatic rings. The maximum atomic E-state index is 4.42. The largest absolute Gasteiger partial charge is 0.350 e. The second-order valence-electron chi connectivity index (χ2n) is 5.08. The number of aromatic nitrogens is 3. The molecule has 17 heavy (non-hydrogen) atoms. The average Bonchev–Trinajstić information content (AvgIpc) is 2.35. The summed E-state index contributed by atoms with van der Waals surface area (Å²) in [5, 5.41) is 11.6. The van der Waals surface area contributed by atoms with Crippen LogP contribution in [-0.2, 0) is 0 Å². The molecule has 0 unspecified atom stereocenters. The minimum atomic E-state index is 0.529. The van der Waals surface area contributed by atoms with Gasteiger partial charge in [-0.2, -0.15) is 5.10 Å². The second-order valence-corrected chi connectivity index (χ2v) is 5.08. The van der Waals surface area contributed by atoms with E-state index >= 15 is 0 Å². The molecule has 4 nitrogen and oxygen atoms in total. The van der Waals surface area contributed by atoms with Crippen LogP contribution in [0.25, 0.3) is 0 Å². The van der Waals surface area contributed by atoms with Gasteiger partial charge in [-0.1, -0.05) is 13.3 Å². The van der Waals surface area contributed by atoms with Gasteiger partial charge in [0.25, 0.3) is 0 Å². The lowest BCUT2D eigenvalue weighted by atomic mass is 9.85. The minimum Gasteiger partial charge on any atom is -0.350 e. The predicted octanol–water partition coefficient (Wildman–Crippen LogP) is 2.87. The SMILES string of the molecule is CCC1CCC(Nc2nnc(C)c(C)n2)CC1. The summed E-state index contributed by atoms with van der Waals surface area (Å²) in [6.07, 6.45) is 6.43. The lowest BCUT2D eigenvalue weighted by Crippen LogP contribution is -2.27. The van der Waals surface area contributed by atoms with Gasteiger partial charge in [-0.05, 0) is 45.4 Å². The molecule has 0 spiro atoms. The van der Waals surface area contributed by atoms with Crippen LogP contribution in [0.3, 0.4) is 0 Å². The van der Waals surface area contributed by atoms with Crippen molar-refractivity contribution < 1.29 is 0 Å². The number of nitrogens with zero attached hydrogens (tertiary/aromatic N) is 3. The highest BCUT2D eigenvalue weighted by Gasteiger charge is 2.20. The highest BCUT2D eigenvalue weighted by molar-refractivity contribution is 5.26. The summed E-state index contributed by atoms with van der Waals surface area (Å²) in [6, 6.07) is 0.529. The number of anilines is 1. The Morgan fingerprint density at radius 1 is 1.06 bits per heavy atom. The van der Waals surface area contributed by atoms with Crippen molar-refractivity contribution in [2.45, 2.75) is 58.9 Å². The van der Waals surface area contributed by atoms with Crippen molar-refractivity contribution in [3.8, 4) is 0 Å². The molecule has 94 valence electrons. The van der Waals surface area contributed by atoms with Crippen molar-refractivity contribution in [3.05, 3.63) is 11.4 Å². The molecule has 0 radical (unpaired) electrons. The first-order chi connectivity index (χ1) is 8.19. The van der Waals surface area contributed by atoms with Crippen LogP contribution in [0.2, 0.25) is 0 Å². The summed E-state index contributed by atoms with van der Waals surface area (Å²) in [5.74, 6) is 1.61. The Kier molecular flexibility index (Phi) is 3.92. The van der Waals surface area contributed by atoms with E-state index in [4.69, 9.17) is 0 Å². The Morgan fingerprint density at radius 3 is 2.35 bits per heavy atom. The molecule has 4 heteroatoms. The highest BCUT2D eigenvalue weighted by Crippen LogP contribution is 2.27. The van der Waals surface area contributed by atoms with Crippen molar-refractivity contribution in [2.24, 2.45) is 5.92 Å². The molecule has 0 aliphatic heterocycles. The first kappa shape index (κ1) is 12.3. The minimum absolute atomic E-state index is 0.529. The van der Waals surface area contributed by atoms with Gasteiger partial charge in [0.1, 0.15) is 0 Å². The Balaban J connectivity index is 1.91.